The predicted octanol–water partition coefficient (Wildman–Crippen LogP) is 17.2. The summed E-state index contributed by atoms with van der Waals surface area (Å²) in [7, 11) is 4.21. The zero-order valence-electron chi connectivity index (χ0n) is 45.5. The Labute approximate surface area is 439 Å². The van der Waals surface area contributed by atoms with Crippen molar-refractivity contribution in [1.82, 2.24) is 9.13 Å². The summed E-state index contributed by atoms with van der Waals surface area (Å²) in [5.74, 6) is 6.56. The highest BCUT2D eigenvalue weighted by Gasteiger charge is 2.19. The summed E-state index contributed by atoms with van der Waals surface area (Å²) in [5.41, 5.74) is 2.82. The number of hydrogen-bond donors (Lipinski definition) is 0. The molecule has 394 valence electrons. The number of nitrogens with zero attached hydrogens (tertiary/aromatic N) is 4. The molecule has 0 N–H and O–H groups in total. The van der Waals surface area contributed by atoms with E-state index in [1.54, 1.807) is 0 Å². The van der Waals surface area contributed by atoms with Gasteiger partial charge in [-0.1, -0.05) is 205 Å². The lowest BCUT2D eigenvalue weighted by Crippen LogP contribution is -2.26. The summed E-state index contributed by atoms with van der Waals surface area (Å²) in [4.78, 5) is 0. The van der Waals surface area contributed by atoms with E-state index < -0.39 is 0 Å². The van der Waals surface area contributed by atoms with Crippen molar-refractivity contribution in [3.05, 3.63) is 97.1 Å². The van der Waals surface area contributed by atoms with Crippen molar-refractivity contribution in [3.8, 4) is 11.5 Å². The second-order valence-electron chi connectivity index (χ2n) is 20.8. The van der Waals surface area contributed by atoms with E-state index in [4.69, 9.17) is 9.47 Å². The molecule has 2 aromatic heterocycles. The Kier molecular flexibility index (Phi) is 34.7. The van der Waals surface area contributed by atoms with Crippen LogP contribution in [-0.2, 0) is 26.9 Å². The predicted molar refractivity (Wildman–Crippen MR) is 305 cm³/mol. The average molecular weight is 1000 g/mol. The van der Waals surface area contributed by atoms with Crippen LogP contribution in [0.1, 0.15) is 230 Å². The average Bonchev–Trinajstić information content (AvgIpc) is 4.02. The van der Waals surface area contributed by atoms with Crippen LogP contribution in [0.15, 0.2) is 86.0 Å². The molecule has 0 fully saturated rings. The van der Waals surface area contributed by atoms with Crippen LogP contribution in [-0.4, -0.2) is 45.4 Å². The van der Waals surface area contributed by atoms with Crippen LogP contribution < -0.4 is 18.6 Å². The van der Waals surface area contributed by atoms with Crippen LogP contribution in [0.25, 0.3) is 0 Å². The van der Waals surface area contributed by atoms with E-state index in [0.29, 0.717) is 25.3 Å². The maximum absolute atomic E-state index is 6.50. The minimum Gasteiger partial charge on any atom is -0.489 e. The summed E-state index contributed by atoms with van der Waals surface area (Å²) in [6.45, 7) is 5.99. The normalized spacial score (nSPS) is 12.5. The summed E-state index contributed by atoms with van der Waals surface area (Å²) < 4.78 is 22.0. The number of imidazole rings is 2. The van der Waals surface area contributed by atoms with Crippen molar-refractivity contribution < 1.29 is 18.6 Å². The third kappa shape index (κ3) is 29.0. The second-order valence-corrected chi connectivity index (χ2v) is 23.1. The van der Waals surface area contributed by atoms with Crippen molar-refractivity contribution in [2.45, 2.75) is 231 Å². The fraction of sp³-hybridized carbons (Fsp3) is 0.710. The van der Waals surface area contributed by atoms with E-state index in [9.17, 15) is 0 Å². The lowest BCUT2D eigenvalue weighted by atomic mass is 10.0. The SMILES string of the molecule is CCCCCCCCCCCCCCCc1cccc(OCC(CSCCCCCCSCC(COc2cccc(CCCCCCCCCCCCCCC)c2)n2cc[n+](C)c2)n2cc[n+](C)c2)c1. The number of rotatable bonds is 47. The van der Waals surface area contributed by atoms with Gasteiger partial charge in [-0.25, -0.2) is 18.3 Å². The number of ether oxygens (including phenoxy) is 2. The number of hydrogen-bond acceptors (Lipinski definition) is 4. The molecule has 6 nitrogen and oxygen atoms in total. The van der Waals surface area contributed by atoms with Crippen molar-refractivity contribution in [3.63, 3.8) is 0 Å². The Morgan fingerprint density at radius 3 is 1.09 bits per heavy atom. The van der Waals surface area contributed by atoms with E-state index in [0.717, 1.165) is 35.8 Å². The van der Waals surface area contributed by atoms with Gasteiger partial charge < -0.3 is 9.47 Å². The van der Waals surface area contributed by atoms with Crippen LogP contribution in [0, 0.1) is 0 Å². The van der Waals surface area contributed by atoms with Gasteiger partial charge in [0, 0.05) is 11.5 Å². The van der Waals surface area contributed by atoms with Gasteiger partial charge in [0.05, 0.1) is 14.1 Å². The van der Waals surface area contributed by atoms with Gasteiger partial charge in [-0.2, -0.15) is 23.5 Å². The molecule has 0 saturated heterocycles. The van der Waals surface area contributed by atoms with E-state index in [2.05, 4.69) is 156 Å². The fourth-order valence-corrected chi connectivity index (χ4v) is 11.9. The molecule has 0 amide bonds. The van der Waals surface area contributed by atoms with Gasteiger partial charge in [-0.05, 0) is 85.4 Å². The smallest absolute Gasteiger partial charge is 0.243 e. The third-order valence-corrected chi connectivity index (χ3v) is 16.6. The first-order chi connectivity index (χ1) is 34.5. The zero-order valence-corrected chi connectivity index (χ0v) is 47.2. The molecule has 4 aromatic rings. The van der Waals surface area contributed by atoms with Gasteiger partial charge in [0.25, 0.3) is 0 Å². The molecule has 4 rings (SSSR count). The van der Waals surface area contributed by atoms with E-state index >= 15 is 0 Å². The van der Waals surface area contributed by atoms with Crippen molar-refractivity contribution in [1.29, 1.82) is 0 Å². The minimum atomic E-state index is 0.310. The summed E-state index contributed by atoms with van der Waals surface area (Å²) >= 11 is 4.17. The van der Waals surface area contributed by atoms with E-state index in [-0.39, 0.29) is 0 Å². The monoisotopic (exact) mass is 1000 g/mol. The quantitative estimate of drug-likeness (QED) is 0.0326. The lowest BCUT2D eigenvalue weighted by Gasteiger charge is -2.16. The van der Waals surface area contributed by atoms with Gasteiger partial charge >= 0.3 is 0 Å². The molecule has 0 aliphatic heterocycles. The van der Waals surface area contributed by atoms with Crippen LogP contribution in [0.3, 0.4) is 0 Å². The Morgan fingerprint density at radius 1 is 0.429 bits per heavy atom. The standard InChI is InChI=1S/C62H104N4O2S2/c1-5-7-9-11-13-15-17-19-21-23-25-27-31-37-57-39-35-41-61(49-57)67-51-59(65-45-43-63(3)55-65)53-69-47-33-29-30-34-48-70-54-60(66-46-44-64(4)56-66)52-68-62-42-36-40-58(50-62)38-32-28-26-24-22-20-18-16-14-12-10-8-6-2/h35-36,39-46,49-50,55-56,59-60H,5-34,37-38,47-48,51-54H2,1-4H3/q+2. The highest BCUT2D eigenvalue weighted by atomic mass is 32.2. The molecule has 8 heteroatoms. The Morgan fingerprint density at radius 2 is 0.757 bits per heavy atom. The van der Waals surface area contributed by atoms with Crippen molar-refractivity contribution in [2.24, 2.45) is 14.1 Å². The Balaban J connectivity index is 1.04. The van der Waals surface area contributed by atoms with E-state index in [1.165, 1.54) is 215 Å². The maximum Gasteiger partial charge on any atom is 0.243 e. The summed E-state index contributed by atoms with van der Waals surface area (Å²) in [6.07, 6.45) is 56.9. The Bertz CT molecular complexity index is 1680. The maximum atomic E-state index is 6.50. The van der Waals surface area contributed by atoms with E-state index in [1.807, 2.05) is 0 Å². The first-order valence-electron chi connectivity index (χ1n) is 29.2. The molecular formula is C62H104N4O2S2+2. The molecule has 0 radical (unpaired) electrons. The number of aryl methyl sites for hydroxylation is 4. The third-order valence-electron chi connectivity index (χ3n) is 14.2. The van der Waals surface area contributed by atoms with Gasteiger partial charge in [-0.3, -0.25) is 0 Å². The number of benzene rings is 2. The molecule has 2 aromatic carbocycles. The summed E-state index contributed by atoms with van der Waals surface area (Å²) in [5, 5.41) is 0. The zero-order chi connectivity index (χ0) is 49.4. The minimum absolute atomic E-state index is 0.310. The number of aromatic nitrogens is 4. The largest absolute Gasteiger partial charge is 0.489 e. The molecule has 0 aliphatic rings. The highest BCUT2D eigenvalue weighted by Crippen LogP contribution is 2.24. The van der Waals surface area contributed by atoms with Gasteiger partial charge in [0.15, 0.2) is 0 Å². The molecule has 70 heavy (non-hydrogen) atoms. The molecule has 0 aliphatic carbocycles. The Hall–Kier alpha value is -2.84. The summed E-state index contributed by atoms with van der Waals surface area (Å²) in [6, 6.07) is 18.4. The van der Waals surface area contributed by atoms with Crippen LogP contribution >= 0.6 is 23.5 Å². The molecule has 2 atom stereocenters. The van der Waals surface area contributed by atoms with Crippen LogP contribution in [0.2, 0.25) is 0 Å². The first kappa shape index (κ1) is 59.7. The lowest BCUT2D eigenvalue weighted by molar-refractivity contribution is -0.671. The number of unbranched alkanes of at least 4 members (excludes halogenated alkanes) is 27. The van der Waals surface area contributed by atoms with Crippen molar-refractivity contribution in [2.75, 3.05) is 36.2 Å². The second kappa shape index (κ2) is 40.6. The topological polar surface area (TPSA) is 36.1 Å². The van der Waals surface area contributed by atoms with Gasteiger partial charge in [0.1, 0.15) is 61.6 Å². The molecular weight excluding hydrogens is 897 g/mol. The molecule has 0 spiro atoms. The molecule has 2 heterocycles. The van der Waals surface area contributed by atoms with Crippen LogP contribution in [0.4, 0.5) is 0 Å². The van der Waals surface area contributed by atoms with Crippen molar-refractivity contribution >= 4 is 23.5 Å². The molecule has 0 bridgehead atoms. The first-order valence-corrected chi connectivity index (χ1v) is 31.5. The van der Waals surface area contributed by atoms with Gasteiger partial charge in [0.2, 0.25) is 12.7 Å². The van der Waals surface area contributed by atoms with Gasteiger partial charge in [-0.15, -0.1) is 0 Å². The highest BCUT2D eigenvalue weighted by molar-refractivity contribution is 7.99. The molecule has 0 saturated carbocycles. The fourth-order valence-electron chi connectivity index (χ4n) is 9.67. The number of thioether (sulfide) groups is 2. The molecule has 2 unspecified atom stereocenters. The van der Waals surface area contributed by atoms with Crippen LogP contribution in [0.5, 0.6) is 11.5 Å².